The maximum absolute atomic E-state index is 12.4. The fourth-order valence-corrected chi connectivity index (χ4v) is 2.99. The van der Waals surface area contributed by atoms with Crippen molar-refractivity contribution in [1.82, 2.24) is 10.2 Å². The Morgan fingerprint density at radius 1 is 1.25 bits per heavy atom. The second-order valence-corrected chi connectivity index (χ2v) is 6.22. The van der Waals surface area contributed by atoms with E-state index >= 15 is 0 Å². The largest absolute Gasteiger partial charge is 0.464 e. The van der Waals surface area contributed by atoms with Crippen molar-refractivity contribution in [2.45, 2.75) is 32.7 Å². The molecule has 1 aliphatic heterocycles. The lowest BCUT2D eigenvalue weighted by molar-refractivity contribution is -0.127. The Kier molecular flexibility index (Phi) is 4.74. The number of furan rings is 2. The predicted molar refractivity (Wildman–Crippen MR) is 87.3 cm³/mol. The van der Waals surface area contributed by atoms with Crippen molar-refractivity contribution in [1.29, 1.82) is 0 Å². The van der Waals surface area contributed by atoms with E-state index in [9.17, 15) is 9.59 Å². The number of carbonyl (C=O) groups excluding carboxylic acids is 2. The number of nitrogens with zero attached hydrogens (tertiary/aromatic N) is 1. The molecule has 6 heteroatoms. The van der Waals surface area contributed by atoms with Crippen LogP contribution in [0, 0.1) is 12.8 Å². The molecule has 1 aliphatic rings. The van der Waals surface area contributed by atoms with Gasteiger partial charge in [0.2, 0.25) is 5.91 Å². The van der Waals surface area contributed by atoms with E-state index in [1.165, 1.54) is 6.26 Å². The quantitative estimate of drug-likeness (QED) is 0.935. The van der Waals surface area contributed by atoms with E-state index in [2.05, 4.69) is 5.32 Å². The molecule has 128 valence electrons. The minimum atomic E-state index is -0.158. The average Bonchev–Trinajstić information content (AvgIpc) is 3.26. The summed E-state index contributed by atoms with van der Waals surface area (Å²) in [5, 5.41) is 3.00. The van der Waals surface area contributed by atoms with E-state index in [0.29, 0.717) is 31.7 Å². The second-order valence-electron chi connectivity index (χ2n) is 6.22. The average molecular weight is 330 g/mol. The van der Waals surface area contributed by atoms with E-state index in [4.69, 9.17) is 8.83 Å². The summed E-state index contributed by atoms with van der Waals surface area (Å²) in [6.07, 6.45) is 2.80. The zero-order valence-corrected chi connectivity index (χ0v) is 14.0. The second kappa shape index (κ2) is 6.95. The molecule has 2 amide bonds. The van der Waals surface area contributed by atoms with Gasteiger partial charge in [0.15, 0.2) is 5.76 Å². The Bertz CT molecular complexity index is 696. The van der Waals surface area contributed by atoms with Gasteiger partial charge in [-0.2, -0.15) is 0 Å². The van der Waals surface area contributed by atoms with Gasteiger partial charge in [0.05, 0.1) is 12.3 Å². The van der Waals surface area contributed by atoms with Crippen molar-refractivity contribution < 1.29 is 18.4 Å². The van der Waals surface area contributed by atoms with Crippen LogP contribution in [0.25, 0.3) is 0 Å². The minimum Gasteiger partial charge on any atom is -0.464 e. The van der Waals surface area contributed by atoms with Gasteiger partial charge in [0, 0.05) is 19.0 Å². The molecule has 6 nitrogen and oxygen atoms in total. The highest BCUT2D eigenvalue weighted by Gasteiger charge is 2.29. The van der Waals surface area contributed by atoms with Gasteiger partial charge < -0.3 is 19.1 Å². The monoisotopic (exact) mass is 330 g/mol. The lowest BCUT2D eigenvalue weighted by atomic mass is 9.95. The summed E-state index contributed by atoms with van der Waals surface area (Å²) >= 11 is 0. The van der Waals surface area contributed by atoms with Gasteiger partial charge in [0.25, 0.3) is 5.91 Å². The molecule has 1 unspecified atom stereocenters. The molecular formula is C18H22N2O4. The van der Waals surface area contributed by atoms with Gasteiger partial charge >= 0.3 is 0 Å². The number of hydrogen-bond acceptors (Lipinski definition) is 4. The third-order valence-corrected chi connectivity index (χ3v) is 4.43. The smallest absolute Gasteiger partial charge is 0.289 e. The van der Waals surface area contributed by atoms with Crippen molar-refractivity contribution in [2.75, 3.05) is 13.1 Å². The van der Waals surface area contributed by atoms with Crippen LogP contribution in [0.15, 0.2) is 39.4 Å². The normalized spacial score (nSPS) is 16.8. The summed E-state index contributed by atoms with van der Waals surface area (Å²) in [5.41, 5.74) is 0. The number of rotatable bonds is 4. The van der Waals surface area contributed by atoms with Crippen molar-refractivity contribution in [3.05, 3.63) is 47.8 Å². The Morgan fingerprint density at radius 3 is 2.58 bits per heavy atom. The van der Waals surface area contributed by atoms with E-state index < -0.39 is 0 Å². The molecule has 0 radical (unpaired) electrons. The van der Waals surface area contributed by atoms with Gasteiger partial charge in [-0.3, -0.25) is 9.59 Å². The zero-order valence-electron chi connectivity index (χ0n) is 14.0. The summed E-state index contributed by atoms with van der Waals surface area (Å²) in [6, 6.07) is 6.97. The number of amides is 2. The molecule has 2 aromatic rings. The Morgan fingerprint density at radius 2 is 2.00 bits per heavy atom. The van der Waals surface area contributed by atoms with E-state index in [0.717, 1.165) is 11.5 Å². The fourth-order valence-electron chi connectivity index (χ4n) is 2.99. The van der Waals surface area contributed by atoms with E-state index in [-0.39, 0.29) is 23.8 Å². The van der Waals surface area contributed by atoms with Gasteiger partial charge in [-0.05, 0) is 51.0 Å². The Labute approximate surface area is 140 Å². The maximum Gasteiger partial charge on any atom is 0.289 e. The predicted octanol–water partition coefficient (Wildman–Crippen LogP) is 2.91. The zero-order chi connectivity index (χ0) is 17.1. The molecule has 1 saturated heterocycles. The fraction of sp³-hybridized carbons (Fsp3) is 0.444. The summed E-state index contributed by atoms with van der Waals surface area (Å²) in [6.45, 7) is 4.91. The highest BCUT2D eigenvalue weighted by atomic mass is 16.3. The lowest BCUT2D eigenvalue weighted by Crippen LogP contribution is -2.43. The number of likely N-dealkylation sites (tertiary alicyclic amines) is 1. The molecule has 24 heavy (non-hydrogen) atoms. The number of aryl methyl sites for hydroxylation is 1. The van der Waals surface area contributed by atoms with Gasteiger partial charge in [0.1, 0.15) is 11.5 Å². The molecule has 3 heterocycles. The van der Waals surface area contributed by atoms with Crippen molar-refractivity contribution in [2.24, 2.45) is 5.92 Å². The van der Waals surface area contributed by atoms with Crippen LogP contribution in [0.1, 0.15) is 47.9 Å². The Balaban J connectivity index is 1.51. The highest BCUT2D eigenvalue weighted by molar-refractivity contribution is 5.91. The van der Waals surface area contributed by atoms with Crippen molar-refractivity contribution in [3.63, 3.8) is 0 Å². The van der Waals surface area contributed by atoms with E-state index in [1.54, 1.807) is 17.0 Å². The summed E-state index contributed by atoms with van der Waals surface area (Å²) in [4.78, 5) is 26.4. The van der Waals surface area contributed by atoms with Crippen LogP contribution in [0.2, 0.25) is 0 Å². The molecule has 2 aromatic heterocycles. The van der Waals surface area contributed by atoms with Crippen LogP contribution in [-0.4, -0.2) is 29.8 Å². The molecule has 1 N–H and O–H groups in total. The molecule has 0 aliphatic carbocycles. The third-order valence-electron chi connectivity index (χ3n) is 4.43. The van der Waals surface area contributed by atoms with Gasteiger partial charge in [-0.25, -0.2) is 0 Å². The summed E-state index contributed by atoms with van der Waals surface area (Å²) in [5.74, 6) is 1.76. The minimum absolute atomic E-state index is 0.0154. The molecule has 0 spiro atoms. The van der Waals surface area contributed by atoms with Gasteiger partial charge in [-0.15, -0.1) is 0 Å². The van der Waals surface area contributed by atoms with Crippen LogP contribution in [-0.2, 0) is 4.79 Å². The topological polar surface area (TPSA) is 75.7 Å². The molecule has 0 bridgehead atoms. The first-order chi connectivity index (χ1) is 11.5. The molecular weight excluding hydrogens is 308 g/mol. The SMILES string of the molecule is Cc1ccc(C(C)NC(=O)C2CCN(C(=O)c3ccco3)CC2)o1. The van der Waals surface area contributed by atoms with Crippen LogP contribution < -0.4 is 5.32 Å². The Hall–Kier alpha value is -2.50. The van der Waals surface area contributed by atoms with Crippen LogP contribution in [0.5, 0.6) is 0 Å². The number of piperidine rings is 1. The standard InChI is InChI=1S/C18H22N2O4/c1-12-5-6-15(24-12)13(2)19-17(21)14-7-9-20(10-8-14)18(22)16-4-3-11-23-16/h3-6,11,13-14H,7-10H2,1-2H3,(H,19,21). The summed E-state index contributed by atoms with van der Waals surface area (Å²) < 4.78 is 10.7. The van der Waals surface area contributed by atoms with E-state index in [1.807, 2.05) is 26.0 Å². The lowest BCUT2D eigenvalue weighted by Gasteiger charge is -2.31. The highest BCUT2D eigenvalue weighted by Crippen LogP contribution is 2.22. The summed E-state index contributed by atoms with van der Waals surface area (Å²) in [7, 11) is 0. The number of carbonyl (C=O) groups is 2. The molecule has 1 atom stereocenters. The maximum atomic E-state index is 12.4. The van der Waals surface area contributed by atoms with Gasteiger partial charge in [-0.1, -0.05) is 0 Å². The molecule has 3 rings (SSSR count). The third kappa shape index (κ3) is 3.53. The first kappa shape index (κ1) is 16.4. The molecule has 0 saturated carbocycles. The first-order valence-corrected chi connectivity index (χ1v) is 8.24. The van der Waals surface area contributed by atoms with Crippen LogP contribution in [0.4, 0.5) is 0 Å². The van der Waals surface area contributed by atoms with Crippen molar-refractivity contribution in [3.8, 4) is 0 Å². The van der Waals surface area contributed by atoms with Crippen molar-refractivity contribution >= 4 is 11.8 Å². The van der Waals surface area contributed by atoms with Crippen LogP contribution in [0.3, 0.4) is 0 Å². The molecule has 0 aromatic carbocycles. The molecule has 1 fully saturated rings. The number of hydrogen-bond donors (Lipinski definition) is 1. The van der Waals surface area contributed by atoms with Crippen LogP contribution >= 0.6 is 0 Å². The first-order valence-electron chi connectivity index (χ1n) is 8.24. The number of nitrogens with one attached hydrogen (secondary N) is 1.